The molecule has 0 aliphatic rings. The molecule has 0 radical (unpaired) electrons. The summed E-state index contributed by atoms with van der Waals surface area (Å²) in [6, 6.07) is 13.8. The molecule has 0 atom stereocenters. The molecular weight excluding hydrogens is 274 g/mol. The van der Waals surface area contributed by atoms with Crippen molar-refractivity contribution in [3.63, 3.8) is 0 Å². The van der Waals surface area contributed by atoms with Crippen LogP contribution in [0.1, 0.15) is 10.4 Å². The number of para-hydroxylation sites is 1. The molecule has 0 bridgehead atoms. The fourth-order valence-electron chi connectivity index (χ4n) is 1.63. The summed E-state index contributed by atoms with van der Waals surface area (Å²) in [6.07, 6.45) is 5.15. The van der Waals surface area contributed by atoms with Crippen LogP contribution in [0.3, 0.4) is 0 Å². The predicted molar refractivity (Wildman–Crippen MR) is 80.2 cm³/mol. The lowest BCUT2D eigenvalue weighted by Gasteiger charge is -2.10. The van der Waals surface area contributed by atoms with Gasteiger partial charge in [0.1, 0.15) is 12.4 Å². The number of carbonyl (C=O) groups excluding carboxylic acids is 1. The van der Waals surface area contributed by atoms with Crippen molar-refractivity contribution in [2.24, 2.45) is 0 Å². The van der Waals surface area contributed by atoms with E-state index in [-0.39, 0.29) is 12.5 Å². The molecular formula is C16H12ClNO2. The summed E-state index contributed by atoms with van der Waals surface area (Å²) in [5.74, 6) is 2.56. The third-order valence-electron chi connectivity index (χ3n) is 2.54. The van der Waals surface area contributed by atoms with E-state index in [0.717, 1.165) is 0 Å². The van der Waals surface area contributed by atoms with Gasteiger partial charge in [-0.2, -0.15) is 0 Å². The third kappa shape index (κ3) is 3.53. The van der Waals surface area contributed by atoms with Gasteiger partial charge in [0.2, 0.25) is 0 Å². The van der Waals surface area contributed by atoms with Crippen molar-refractivity contribution in [1.29, 1.82) is 0 Å². The standard InChI is InChI=1S/C16H12ClNO2/c1-2-11-20-15-6-4-3-5-14(15)16(19)18-13-9-7-12(17)8-10-13/h1,3-10H,11H2,(H,18,19). The molecule has 0 spiro atoms. The number of anilines is 1. The first-order chi connectivity index (χ1) is 9.70. The van der Waals surface area contributed by atoms with Gasteiger partial charge in [-0.25, -0.2) is 0 Å². The molecule has 100 valence electrons. The number of amides is 1. The fraction of sp³-hybridized carbons (Fsp3) is 0.0625. The number of carbonyl (C=O) groups is 1. The zero-order valence-corrected chi connectivity index (χ0v) is 11.4. The van der Waals surface area contributed by atoms with Crippen LogP contribution in [0.5, 0.6) is 5.75 Å². The molecule has 2 aromatic rings. The highest BCUT2D eigenvalue weighted by Gasteiger charge is 2.12. The summed E-state index contributed by atoms with van der Waals surface area (Å²) < 4.78 is 5.35. The molecule has 0 heterocycles. The first kappa shape index (κ1) is 14.0. The molecule has 20 heavy (non-hydrogen) atoms. The molecule has 1 N–H and O–H groups in total. The van der Waals surface area contributed by atoms with Gasteiger partial charge in [-0.1, -0.05) is 29.7 Å². The number of rotatable bonds is 4. The minimum atomic E-state index is -0.264. The van der Waals surface area contributed by atoms with Gasteiger partial charge in [-0.15, -0.1) is 6.42 Å². The van der Waals surface area contributed by atoms with Crippen molar-refractivity contribution in [3.8, 4) is 18.1 Å². The zero-order valence-electron chi connectivity index (χ0n) is 10.6. The Morgan fingerprint density at radius 1 is 1.20 bits per heavy atom. The number of benzene rings is 2. The van der Waals surface area contributed by atoms with Gasteiger partial charge in [-0.05, 0) is 36.4 Å². The SMILES string of the molecule is C#CCOc1ccccc1C(=O)Nc1ccc(Cl)cc1. The number of ether oxygens (including phenoxy) is 1. The van der Waals surface area contributed by atoms with Crippen molar-refractivity contribution < 1.29 is 9.53 Å². The van der Waals surface area contributed by atoms with Crippen LogP contribution >= 0.6 is 11.6 Å². The van der Waals surface area contributed by atoms with Gasteiger partial charge in [0.25, 0.3) is 5.91 Å². The molecule has 1 amide bonds. The molecule has 0 fully saturated rings. The van der Waals surface area contributed by atoms with E-state index in [1.807, 2.05) is 0 Å². The van der Waals surface area contributed by atoms with Crippen LogP contribution in [0.4, 0.5) is 5.69 Å². The molecule has 0 aromatic heterocycles. The Labute approximate surface area is 122 Å². The van der Waals surface area contributed by atoms with E-state index in [1.54, 1.807) is 48.5 Å². The number of hydrogen-bond acceptors (Lipinski definition) is 2. The smallest absolute Gasteiger partial charge is 0.259 e. The summed E-state index contributed by atoms with van der Waals surface area (Å²) in [4.78, 5) is 12.2. The second kappa shape index (κ2) is 6.65. The Kier molecular flexibility index (Phi) is 4.65. The largest absolute Gasteiger partial charge is 0.480 e. The number of halogens is 1. The highest BCUT2D eigenvalue weighted by Crippen LogP contribution is 2.20. The molecule has 3 nitrogen and oxygen atoms in total. The maximum atomic E-state index is 12.2. The third-order valence-corrected chi connectivity index (χ3v) is 2.80. The summed E-state index contributed by atoms with van der Waals surface area (Å²) in [6.45, 7) is 0.116. The van der Waals surface area contributed by atoms with Crippen LogP contribution in [0.2, 0.25) is 5.02 Å². The molecule has 2 rings (SSSR count). The first-order valence-electron chi connectivity index (χ1n) is 5.93. The molecule has 0 unspecified atom stereocenters. The Bertz CT molecular complexity index is 644. The Balaban J connectivity index is 2.16. The minimum Gasteiger partial charge on any atom is -0.480 e. The summed E-state index contributed by atoms with van der Waals surface area (Å²) in [5.41, 5.74) is 1.09. The average Bonchev–Trinajstić information content (AvgIpc) is 2.47. The van der Waals surface area contributed by atoms with Crippen LogP contribution in [0.25, 0.3) is 0 Å². The molecule has 0 saturated heterocycles. The van der Waals surface area contributed by atoms with E-state index in [4.69, 9.17) is 22.8 Å². The predicted octanol–water partition coefficient (Wildman–Crippen LogP) is 3.60. The van der Waals surface area contributed by atoms with Gasteiger partial charge >= 0.3 is 0 Å². The Hall–Kier alpha value is -2.44. The van der Waals surface area contributed by atoms with Gasteiger partial charge in [0.05, 0.1) is 5.56 Å². The molecule has 4 heteroatoms. The average molecular weight is 286 g/mol. The van der Waals surface area contributed by atoms with E-state index >= 15 is 0 Å². The van der Waals surface area contributed by atoms with Gasteiger partial charge < -0.3 is 10.1 Å². The van der Waals surface area contributed by atoms with E-state index in [2.05, 4.69) is 11.2 Å². The highest BCUT2D eigenvalue weighted by atomic mass is 35.5. The van der Waals surface area contributed by atoms with Crippen LogP contribution in [0, 0.1) is 12.3 Å². The molecule has 2 aromatic carbocycles. The normalized spacial score (nSPS) is 9.60. The minimum absolute atomic E-state index is 0.116. The van der Waals surface area contributed by atoms with Gasteiger partial charge in [0.15, 0.2) is 0 Å². The molecule has 0 saturated carbocycles. The highest BCUT2D eigenvalue weighted by molar-refractivity contribution is 6.30. The van der Waals surface area contributed by atoms with Crippen LogP contribution in [-0.2, 0) is 0 Å². The zero-order chi connectivity index (χ0) is 14.4. The van der Waals surface area contributed by atoms with E-state index < -0.39 is 0 Å². The summed E-state index contributed by atoms with van der Waals surface area (Å²) in [7, 11) is 0. The second-order valence-corrected chi connectivity index (χ2v) is 4.39. The molecule has 0 aliphatic heterocycles. The number of terminal acetylenes is 1. The van der Waals surface area contributed by atoms with Crippen molar-refractivity contribution >= 4 is 23.2 Å². The lowest BCUT2D eigenvalue weighted by atomic mass is 10.2. The van der Waals surface area contributed by atoms with Crippen molar-refractivity contribution in [2.75, 3.05) is 11.9 Å². The quantitative estimate of drug-likeness (QED) is 0.872. The summed E-state index contributed by atoms with van der Waals surface area (Å²) >= 11 is 5.80. The Morgan fingerprint density at radius 2 is 1.90 bits per heavy atom. The van der Waals surface area contributed by atoms with Crippen LogP contribution < -0.4 is 10.1 Å². The second-order valence-electron chi connectivity index (χ2n) is 3.95. The monoisotopic (exact) mass is 285 g/mol. The maximum absolute atomic E-state index is 12.2. The molecule has 0 aliphatic carbocycles. The van der Waals surface area contributed by atoms with Crippen LogP contribution in [0.15, 0.2) is 48.5 Å². The fourth-order valence-corrected chi connectivity index (χ4v) is 1.76. The van der Waals surface area contributed by atoms with Crippen molar-refractivity contribution in [2.45, 2.75) is 0 Å². The lowest BCUT2D eigenvalue weighted by molar-refractivity contribution is 0.102. The van der Waals surface area contributed by atoms with Crippen LogP contribution in [-0.4, -0.2) is 12.5 Å². The van der Waals surface area contributed by atoms with E-state index in [9.17, 15) is 4.79 Å². The Morgan fingerprint density at radius 3 is 2.60 bits per heavy atom. The maximum Gasteiger partial charge on any atom is 0.259 e. The number of nitrogens with one attached hydrogen (secondary N) is 1. The van der Waals surface area contributed by atoms with E-state index in [0.29, 0.717) is 22.0 Å². The van der Waals surface area contributed by atoms with Gasteiger partial charge in [0, 0.05) is 10.7 Å². The van der Waals surface area contributed by atoms with Crippen molar-refractivity contribution in [1.82, 2.24) is 0 Å². The van der Waals surface area contributed by atoms with Gasteiger partial charge in [-0.3, -0.25) is 4.79 Å². The first-order valence-corrected chi connectivity index (χ1v) is 6.30. The topological polar surface area (TPSA) is 38.3 Å². The number of hydrogen-bond donors (Lipinski definition) is 1. The summed E-state index contributed by atoms with van der Waals surface area (Å²) in [5, 5.41) is 3.38. The van der Waals surface area contributed by atoms with Crippen molar-refractivity contribution in [3.05, 3.63) is 59.1 Å². The lowest BCUT2D eigenvalue weighted by Crippen LogP contribution is -2.13. The van der Waals surface area contributed by atoms with E-state index in [1.165, 1.54) is 0 Å².